The van der Waals surface area contributed by atoms with Crippen LogP contribution in [0.3, 0.4) is 0 Å². The highest BCUT2D eigenvalue weighted by molar-refractivity contribution is 9.10. The van der Waals surface area contributed by atoms with Gasteiger partial charge in [-0.3, -0.25) is 4.79 Å². The molecule has 1 heterocycles. The number of unbranched alkanes of at least 4 members (excludes halogenated alkanes) is 3. The summed E-state index contributed by atoms with van der Waals surface area (Å²) >= 11 is 3.62. The molecule has 1 amide bonds. The fraction of sp³-hybridized carbons (Fsp3) is 0.360. The predicted molar refractivity (Wildman–Crippen MR) is 130 cm³/mol. The molecule has 0 fully saturated rings. The number of hydrazone groups is 1. The van der Waals surface area contributed by atoms with Crippen LogP contribution in [0.2, 0.25) is 0 Å². The summed E-state index contributed by atoms with van der Waals surface area (Å²) in [6.07, 6.45) is 6.42. The van der Waals surface area contributed by atoms with E-state index in [4.69, 9.17) is 9.47 Å². The predicted octanol–water partition coefficient (Wildman–Crippen LogP) is 6.61. The summed E-state index contributed by atoms with van der Waals surface area (Å²) in [5.74, 6) is 1.22. The van der Waals surface area contributed by atoms with Gasteiger partial charge in [0, 0.05) is 0 Å². The summed E-state index contributed by atoms with van der Waals surface area (Å²) in [5, 5.41) is 5.88. The van der Waals surface area contributed by atoms with Gasteiger partial charge in [0.1, 0.15) is 0 Å². The Hall–Kier alpha value is -2.60. The molecule has 3 rings (SSSR count). The van der Waals surface area contributed by atoms with Crippen LogP contribution in [0.5, 0.6) is 11.5 Å². The zero-order valence-electron chi connectivity index (χ0n) is 18.4. The summed E-state index contributed by atoms with van der Waals surface area (Å²) in [6, 6.07) is 13.3. The fourth-order valence-electron chi connectivity index (χ4n) is 3.37. The van der Waals surface area contributed by atoms with Crippen molar-refractivity contribution in [3.05, 3.63) is 58.1 Å². The highest BCUT2D eigenvalue weighted by atomic mass is 79.9. The summed E-state index contributed by atoms with van der Waals surface area (Å²) < 4.78 is 12.7. The Morgan fingerprint density at radius 3 is 2.55 bits per heavy atom. The number of nitrogens with zero attached hydrogens (tertiary/aromatic N) is 2. The molecule has 1 aliphatic heterocycles. The van der Waals surface area contributed by atoms with E-state index in [2.05, 4.69) is 28.0 Å². The molecule has 0 N–H and O–H groups in total. The van der Waals surface area contributed by atoms with Crippen molar-refractivity contribution in [2.24, 2.45) is 5.10 Å². The standard InChI is InChI=1S/C25H29BrN2O3/c1-4-6-7-11-14-31-24-22(26)16-19(17-23(24)30-5-2)15-21-18(3)27-28(25(21)29)20-12-9-8-10-13-20/h8-10,12-13,15-17H,4-7,11,14H2,1-3H3/b21-15+. The third-order valence-corrected chi connectivity index (χ3v) is 5.54. The van der Waals surface area contributed by atoms with Crippen LogP contribution >= 0.6 is 15.9 Å². The first-order valence-electron chi connectivity index (χ1n) is 10.8. The van der Waals surface area contributed by atoms with Crippen LogP contribution in [0.25, 0.3) is 6.08 Å². The van der Waals surface area contributed by atoms with E-state index in [1.807, 2.05) is 62.4 Å². The lowest BCUT2D eigenvalue weighted by atomic mass is 10.1. The maximum atomic E-state index is 13.0. The van der Waals surface area contributed by atoms with Gasteiger partial charge < -0.3 is 9.47 Å². The molecule has 31 heavy (non-hydrogen) atoms. The number of rotatable bonds is 10. The van der Waals surface area contributed by atoms with Crippen molar-refractivity contribution in [2.45, 2.75) is 46.5 Å². The number of halogens is 1. The van der Waals surface area contributed by atoms with E-state index < -0.39 is 0 Å². The van der Waals surface area contributed by atoms with Gasteiger partial charge in [-0.05, 0) is 72.1 Å². The Morgan fingerprint density at radius 2 is 1.84 bits per heavy atom. The second-order valence-electron chi connectivity index (χ2n) is 7.37. The van der Waals surface area contributed by atoms with E-state index >= 15 is 0 Å². The molecule has 0 saturated carbocycles. The highest BCUT2D eigenvalue weighted by Crippen LogP contribution is 2.38. The van der Waals surface area contributed by atoms with Crippen LogP contribution in [-0.2, 0) is 4.79 Å². The highest BCUT2D eigenvalue weighted by Gasteiger charge is 2.28. The number of hydrogen-bond donors (Lipinski definition) is 0. The third kappa shape index (κ3) is 5.76. The number of ether oxygens (including phenoxy) is 2. The average molecular weight is 485 g/mol. The van der Waals surface area contributed by atoms with Gasteiger partial charge in [0.2, 0.25) is 0 Å². The van der Waals surface area contributed by atoms with Crippen LogP contribution in [-0.4, -0.2) is 24.8 Å². The zero-order chi connectivity index (χ0) is 22.2. The minimum absolute atomic E-state index is 0.144. The topological polar surface area (TPSA) is 51.1 Å². The third-order valence-electron chi connectivity index (χ3n) is 4.95. The molecule has 0 bridgehead atoms. The lowest BCUT2D eigenvalue weighted by Crippen LogP contribution is -2.21. The van der Waals surface area contributed by atoms with E-state index in [-0.39, 0.29) is 5.91 Å². The van der Waals surface area contributed by atoms with Crippen LogP contribution in [0.15, 0.2) is 57.6 Å². The quantitative estimate of drug-likeness (QED) is 0.281. The van der Waals surface area contributed by atoms with Crippen molar-refractivity contribution >= 4 is 39.3 Å². The molecule has 0 spiro atoms. The first kappa shape index (κ1) is 23.1. The Morgan fingerprint density at radius 1 is 1.06 bits per heavy atom. The zero-order valence-corrected chi connectivity index (χ0v) is 19.9. The first-order chi connectivity index (χ1) is 15.0. The number of amides is 1. The number of para-hydroxylation sites is 1. The van der Waals surface area contributed by atoms with Crippen LogP contribution < -0.4 is 14.5 Å². The van der Waals surface area contributed by atoms with Crippen LogP contribution in [0.4, 0.5) is 5.69 Å². The molecule has 0 aromatic heterocycles. The van der Waals surface area contributed by atoms with Crippen molar-refractivity contribution in [1.82, 2.24) is 0 Å². The van der Waals surface area contributed by atoms with Crippen molar-refractivity contribution in [1.29, 1.82) is 0 Å². The normalized spacial score (nSPS) is 14.8. The van der Waals surface area contributed by atoms with E-state index in [0.29, 0.717) is 36.0 Å². The molecule has 2 aromatic carbocycles. The molecule has 2 aromatic rings. The molecule has 0 atom stereocenters. The van der Waals surface area contributed by atoms with Gasteiger partial charge in [-0.2, -0.15) is 10.1 Å². The minimum atomic E-state index is -0.144. The number of benzene rings is 2. The molecule has 1 aliphatic rings. The largest absolute Gasteiger partial charge is 0.490 e. The SMILES string of the molecule is CCCCCCOc1c(Br)cc(/C=C2/C(=O)N(c3ccccc3)N=C2C)cc1OCC. The monoisotopic (exact) mass is 484 g/mol. The lowest BCUT2D eigenvalue weighted by molar-refractivity contribution is -0.114. The molecule has 0 radical (unpaired) electrons. The maximum Gasteiger partial charge on any atom is 0.280 e. The second kappa shape index (κ2) is 11.1. The molecule has 164 valence electrons. The van der Waals surface area contributed by atoms with Gasteiger partial charge in [-0.25, -0.2) is 0 Å². The molecular weight excluding hydrogens is 456 g/mol. The Labute approximate surface area is 192 Å². The van der Waals surface area contributed by atoms with Gasteiger partial charge in [0.25, 0.3) is 5.91 Å². The van der Waals surface area contributed by atoms with E-state index in [9.17, 15) is 4.79 Å². The van der Waals surface area contributed by atoms with Crippen molar-refractivity contribution in [3.8, 4) is 11.5 Å². The minimum Gasteiger partial charge on any atom is -0.490 e. The Kier molecular flexibility index (Phi) is 8.29. The number of anilines is 1. The van der Waals surface area contributed by atoms with Gasteiger partial charge in [0.15, 0.2) is 11.5 Å². The van der Waals surface area contributed by atoms with E-state index in [1.54, 1.807) is 0 Å². The van der Waals surface area contributed by atoms with Gasteiger partial charge >= 0.3 is 0 Å². The van der Waals surface area contributed by atoms with Gasteiger partial charge in [-0.15, -0.1) is 0 Å². The summed E-state index contributed by atoms with van der Waals surface area (Å²) in [7, 11) is 0. The summed E-state index contributed by atoms with van der Waals surface area (Å²) in [6.45, 7) is 7.16. The lowest BCUT2D eigenvalue weighted by Gasteiger charge is -2.15. The van der Waals surface area contributed by atoms with Gasteiger partial charge in [0.05, 0.1) is 34.7 Å². The molecular formula is C25H29BrN2O3. The number of carbonyl (C=O) groups is 1. The van der Waals surface area contributed by atoms with E-state index in [1.165, 1.54) is 17.9 Å². The maximum absolute atomic E-state index is 13.0. The fourth-order valence-corrected chi connectivity index (χ4v) is 3.95. The van der Waals surface area contributed by atoms with Crippen molar-refractivity contribution in [2.75, 3.05) is 18.2 Å². The van der Waals surface area contributed by atoms with E-state index in [0.717, 1.165) is 28.6 Å². The Bertz CT molecular complexity index is 970. The van der Waals surface area contributed by atoms with Crippen molar-refractivity contribution < 1.29 is 14.3 Å². The smallest absolute Gasteiger partial charge is 0.280 e. The van der Waals surface area contributed by atoms with Crippen LogP contribution in [0.1, 0.15) is 52.0 Å². The van der Waals surface area contributed by atoms with Crippen molar-refractivity contribution in [3.63, 3.8) is 0 Å². The first-order valence-corrected chi connectivity index (χ1v) is 11.6. The number of carbonyl (C=O) groups excluding carboxylic acids is 1. The molecule has 0 aliphatic carbocycles. The molecule has 5 nitrogen and oxygen atoms in total. The van der Waals surface area contributed by atoms with Gasteiger partial charge in [-0.1, -0.05) is 44.4 Å². The molecule has 6 heteroatoms. The molecule has 0 saturated heterocycles. The average Bonchev–Trinajstić information content (AvgIpc) is 3.04. The number of hydrogen-bond acceptors (Lipinski definition) is 4. The molecule has 0 unspecified atom stereocenters. The Balaban J connectivity index is 1.83. The summed E-state index contributed by atoms with van der Waals surface area (Å²) in [5.41, 5.74) is 2.84. The second-order valence-corrected chi connectivity index (χ2v) is 8.22. The summed E-state index contributed by atoms with van der Waals surface area (Å²) in [4.78, 5) is 13.0. The van der Waals surface area contributed by atoms with Crippen LogP contribution in [0, 0.1) is 0 Å².